The molecule has 1 aromatic carbocycles. The molecule has 0 aliphatic carbocycles. The van der Waals surface area contributed by atoms with Gasteiger partial charge in [-0.05, 0) is 12.1 Å². The summed E-state index contributed by atoms with van der Waals surface area (Å²) < 4.78 is 10.7. The molecule has 0 saturated heterocycles. The van der Waals surface area contributed by atoms with Gasteiger partial charge in [0.1, 0.15) is 11.5 Å². The Balaban J connectivity index is 0.000000500. The molecule has 0 radical (unpaired) electrons. The number of rotatable bonds is 2. The first kappa shape index (κ1) is 14.2. The van der Waals surface area contributed by atoms with E-state index in [2.05, 4.69) is 28.4 Å². The number of hydrogen-bond donors (Lipinski definition) is 0. The second-order valence-corrected chi connectivity index (χ2v) is 4.15. The molecule has 0 heterocycles. The van der Waals surface area contributed by atoms with Gasteiger partial charge < -0.3 is 9.47 Å². The molecular formula is C9H13ClO2PPd. The third-order valence-electron chi connectivity index (χ3n) is 1.47. The van der Waals surface area contributed by atoms with Crippen molar-refractivity contribution in [2.75, 3.05) is 18.6 Å². The molecule has 0 N–H and O–H groups in total. The van der Waals surface area contributed by atoms with Crippen LogP contribution in [0, 0.1) is 0 Å². The molecule has 0 fully saturated rings. The van der Waals surface area contributed by atoms with Crippen LogP contribution in [0.3, 0.4) is 0 Å². The summed E-state index contributed by atoms with van der Waals surface area (Å²) in [5.41, 5.74) is 0. The molecule has 0 saturated carbocycles. The zero-order chi connectivity index (χ0) is 11.0. The Morgan fingerprint density at radius 3 is 1.93 bits per heavy atom. The van der Waals surface area contributed by atoms with Crippen molar-refractivity contribution in [1.29, 1.82) is 0 Å². The second kappa shape index (κ2) is 8.51. The van der Waals surface area contributed by atoms with Crippen LogP contribution in [0.15, 0.2) is 18.2 Å². The van der Waals surface area contributed by atoms with Gasteiger partial charge in [-0.3, -0.25) is 0 Å². The minimum atomic E-state index is 0.572. The maximum atomic E-state index is 5.09. The van der Waals surface area contributed by atoms with Gasteiger partial charge in [-0.15, -0.1) is 0 Å². The fourth-order valence-electron chi connectivity index (χ4n) is 0.880. The summed E-state index contributed by atoms with van der Waals surface area (Å²) in [5, 5.41) is 0.956. The number of ether oxygens (including phenoxy) is 2. The van der Waals surface area contributed by atoms with Gasteiger partial charge in [-0.2, -0.15) is 0 Å². The molecule has 2 nitrogen and oxygen atoms in total. The maximum absolute atomic E-state index is 5.09. The predicted molar refractivity (Wildman–Crippen MR) is 59.6 cm³/mol. The van der Waals surface area contributed by atoms with Crippen molar-refractivity contribution in [3.63, 3.8) is 0 Å². The standard InChI is InChI=1S/C8H11O2P.CH2Cl.Pd/c1-9-6-4-3-5-7(10-2)8(6)11;1-2;/h3-5H,11H2,1-2H3;1H2;. The third kappa shape index (κ3) is 4.62. The molecule has 0 spiro atoms. The van der Waals surface area contributed by atoms with Crippen molar-refractivity contribution in [3.8, 4) is 11.5 Å². The van der Waals surface area contributed by atoms with Crippen LogP contribution in [0.1, 0.15) is 0 Å². The van der Waals surface area contributed by atoms with Gasteiger partial charge in [0.15, 0.2) is 0 Å². The molecule has 0 aliphatic rings. The molecule has 83 valence electrons. The fraction of sp³-hybridized carbons (Fsp3) is 0.333. The van der Waals surface area contributed by atoms with Gasteiger partial charge in [-0.25, -0.2) is 0 Å². The molecule has 0 bridgehead atoms. The van der Waals surface area contributed by atoms with E-state index in [-0.39, 0.29) is 0 Å². The van der Waals surface area contributed by atoms with Crippen molar-refractivity contribution in [2.45, 2.75) is 0 Å². The topological polar surface area (TPSA) is 18.5 Å². The summed E-state index contributed by atoms with van der Waals surface area (Å²) in [6, 6.07) is 5.68. The average Bonchev–Trinajstić information content (AvgIpc) is 2.19. The van der Waals surface area contributed by atoms with Crippen molar-refractivity contribution in [3.05, 3.63) is 18.2 Å². The third-order valence-corrected chi connectivity index (χ3v) is 2.03. The van der Waals surface area contributed by atoms with Crippen LogP contribution in [-0.4, -0.2) is 18.6 Å². The van der Waals surface area contributed by atoms with E-state index in [0.717, 1.165) is 16.8 Å². The average molecular weight is 326 g/mol. The molecule has 0 aromatic heterocycles. The van der Waals surface area contributed by atoms with Crippen LogP contribution in [0.2, 0.25) is 0 Å². The van der Waals surface area contributed by atoms with Crippen LogP contribution in [0.4, 0.5) is 0 Å². The molecule has 1 atom stereocenters. The van der Waals surface area contributed by atoms with E-state index < -0.39 is 0 Å². The molecule has 0 amide bonds. The Bertz CT molecular complexity index is 249. The van der Waals surface area contributed by atoms with E-state index in [9.17, 15) is 0 Å². The molecule has 14 heavy (non-hydrogen) atoms. The number of benzene rings is 1. The summed E-state index contributed by atoms with van der Waals surface area (Å²) >= 11 is 7.64. The Hall–Kier alpha value is 0.202. The zero-order valence-corrected chi connectivity index (χ0v) is 11.5. The van der Waals surface area contributed by atoms with Crippen LogP contribution >= 0.6 is 20.8 Å². The van der Waals surface area contributed by atoms with E-state index in [4.69, 9.17) is 21.1 Å². The van der Waals surface area contributed by atoms with Crippen LogP contribution < -0.4 is 14.8 Å². The minimum absolute atomic E-state index is 0.572. The van der Waals surface area contributed by atoms with E-state index in [1.165, 1.54) is 0 Å². The quantitative estimate of drug-likeness (QED) is 0.470. The number of alkyl halides is 1. The first-order valence-electron chi connectivity index (χ1n) is 3.75. The van der Waals surface area contributed by atoms with Crippen LogP contribution in [0.5, 0.6) is 11.5 Å². The predicted octanol–water partition coefficient (Wildman–Crippen LogP) is 1.93. The van der Waals surface area contributed by atoms with Crippen molar-refractivity contribution >= 4 is 26.1 Å². The first-order chi connectivity index (χ1) is 6.71. The number of halogens is 1. The molecule has 1 aromatic rings. The molecular weight excluding hydrogens is 313 g/mol. The van der Waals surface area contributed by atoms with E-state index >= 15 is 0 Å². The number of methoxy groups -OCH3 is 2. The summed E-state index contributed by atoms with van der Waals surface area (Å²) in [6.07, 6.45) is 0. The van der Waals surface area contributed by atoms with Gasteiger partial charge in [-0.1, -0.05) is 15.3 Å². The summed E-state index contributed by atoms with van der Waals surface area (Å²) in [5.74, 6) is 1.66. The SMILES string of the molecule is COc1cccc(OC)c1P.Cl[CH2][Pd]. The van der Waals surface area contributed by atoms with Gasteiger partial charge in [0.2, 0.25) is 0 Å². The van der Waals surface area contributed by atoms with Crippen molar-refractivity contribution in [1.82, 2.24) is 0 Å². The Labute approximate surface area is 103 Å². The van der Waals surface area contributed by atoms with Gasteiger partial charge >= 0.3 is 35.2 Å². The first-order valence-corrected chi connectivity index (χ1v) is 5.96. The van der Waals surface area contributed by atoms with Crippen LogP contribution in [-0.2, 0) is 19.2 Å². The van der Waals surface area contributed by atoms with Crippen LogP contribution in [0.25, 0.3) is 0 Å². The summed E-state index contributed by atoms with van der Waals surface area (Å²) in [4.78, 5) is 0. The second-order valence-electron chi connectivity index (χ2n) is 2.16. The Morgan fingerprint density at radius 1 is 1.29 bits per heavy atom. The number of hydrogen-bond acceptors (Lipinski definition) is 2. The van der Waals surface area contributed by atoms with Gasteiger partial charge in [0, 0.05) is 0 Å². The van der Waals surface area contributed by atoms with E-state index in [1.54, 1.807) is 14.2 Å². The molecule has 1 unspecified atom stereocenters. The van der Waals surface area contributed by atoms with Gasteiger partial charge in [0.25, 0.3) is 0 Å². The normalized spacial score (nSPS) is 8.71. The Kier molecular flexibility index (Phi) is 8.63. The van der Waals surface area contributed by atoms with Crippen molar-refractivity contribution < 1.29 is 28.7 Å². The summed E-state index contributed by atoms with van der Waals surface area (Å²) in [7, 11) is 5.87. The summed E-state index contributed by atoms with van der Waals surface area (Å²) in [6.45, 7) is 0. The van der Waals surface area contributed by atoms with E-state index in [1.807, 2.05) is 18.2 Å². The zero-order valence-electron chi connectivity index (χ0n) is 8.03. The Morgan fingerprint density at radius 2 is 1.64 bits per heavy atom. The van der Waals surface area contributed by atoms with E-state index in [0.29, 0.717) is 4.35 Å². The molecule has 0 aliphatic heterocycles. The van der Waals surface area contributed by atoms with Crippen molar-refractivity contribution in [2.24, 2.45) is 0 Å². The van der Waals surface area contributed by atoms with Gasteiger partial charge in [0.05, 0.1) is 19.5 Å². The molecule has 1 rings (SSSR count). The monoisotopic (exact) mass is 325 g/mol. The fourth-order valence-corrected chi connectivity index (χ4v) is 1.31. The molecule has 5 heteroatoms.